The number of halogens is 1. The van der Waals surface area contributed by atoms with Crippen molar-refractivity contribution in [2.75, 3.05) is 6.54 Å². The zero-order valence-electron chi connectivity index (χ0n) is 11.9. The average molecular weight is 337 g/mol. The molecule has 0 saturated heterocycles. The van der Waals surface area contributed by atoms with Crippen molar-refractivity contribution in [3.63, 3.8) is 0 Å². The highest BCUT2D eigenvalue weighted by atomic mass is 79.9. The van der Waals surface area contributed by atoms with Gasteiger partial charge in [0.05, 0.1) is 5.92 Å². The van der Waals surface area contributed by atoms with Gasteiger partial charge in [0.2, 0.25) is 6.21 Å². The second kappa shape index (κ2) is 7.58. The molecule has 0 saturated carbocycles. The van der Waals surface area contributed by atoms with Gasteiger partial charge in [-0.25, -0.2) is 0 Å². The molecule has 1 aromatic carbocycles. The van der Waals surface area contributed by atoms with Gasteiger partial charge in [0.15, 0.2) is 6.54 Å². The van der Waals surface area contributed by atoms with Crippen LogP contribution in [0.5, 0.6) is 0 Å². The fourth-order valence-electron chi connectivity index (χ4n) is 2.43. The van der Waals surface area contributed by atoms with Crippen LogP contribution in [-0.2, 0) is 0 Å². The highest BCUT2D eigenvalue weighted by molar-refractivity contribution is 9.10. The number of unbranched alkanes of at least 4 members (excludes halogenated alkanes) is 3. The molecule has 1 heterocycles. The molecule has 0 amide bonds. The first-order valence-electron chi connectivity index (χ1n) is 7.31. The van der Waals surface area contributed by atoms with Gasteiger partial charge in [-0.15, -0.1) is 0 Å². The van der Waals surface area contributed by atoms with Crippen molar-refractivity contribution in [1.82, 2.24) is 0 Å². The van der Waals surface area contributed by atoms with E-state index in [-0.39, 0.29) is 11.8 Å². The van der Waals surface area contributed by atoms with Crippen LogP contribution in [0.15, 0.2) is 33.8 Å². The second-order valence-electron chi connectivity index (χ2n) is 5.29. The van der Waals surface area contributed by atoms with Crippen molar-refractivity contribution in [2.24, 2.45) is 11.0 Å². The Labute approximate surface area is 129 Å². The Hall–Kier alpha value is -1.16. The molecule has 4 heteroatoms. The molecule has 0 aromatic heterocycles. The zero-order chi connectivity index (χ0) is 14.4. The van der Waals surface area contributed by atoms with E-state index < -0.39 is 0 Å². The van der Waals surface area contributed by atoms with E-state index in [1.807, 2.05) is 30.5 Å². The first kappa shape index (κ1) is 15.2. The average Bonchev–Trinajstić information content (AvgIpc) is 2.75. The lowest BCUT2D eigenvalue weighted by atomic mass is 10.0. The number of benzene rings is 1. The van der Waals surface area contributed by atoms with Crippen molar-refractivity contribution >= 4 is 28.0 Å². The van der Waals surface area contributed by atoms with Crippen LogP contribution < -0.4 is 5.11 Å². The minimum atomic E-state index is 0.0349. The summed E-state index contributed by atoms with van der Waals surface area (Å²) < 4.78 is 2.82. The highest BCUT2D eigenvalue weighted by Gasteiger charge is 2.24. The predicted octanol–water partition coefficient (Wildman–Crippen LogP) is 3.15. The molecule has 1 atom stereocenters. The summed E-state index contributed by atoms with van der Waals surface area (Å²) in [6, 6.07) is 8.00. The first-order valence-corrected chi connectivity index (χ1v) is 8.11. The molecule has 1 aliphatic heterocycles. The van der Waals surface area contributed by atoms with E-state index in [1.165, 1.54) is 19.3 Å². The maximum atomic E-state index is 11.9. The normalized spacial score (nSPS) is 20.4. The van der Waals surface area contributed by atoms with Gasteiger partial charge >= 0.3 is 0 Å². The summed E-state index contributed by atoms with van der Waals surface area (Å²) in [6.45, 7) is 2.92. The molecule has 0 bridgehead atoms. The summed E-state index contributed by atoms with van der Waals surface area (Å²) in [5, 5.41) is 16.0. The van der Waals surface area contributed by atoms with Crippen molar-refractivity contribution < 1.29 is 9.79 Å². The number of hydrogen-bond acceptors (Lipinski definition) is 2. The summed E-state index contributed by atoms with van der Waals surface area (Å²) in [5.41, 5.74) is 1.06. The maximum absolute atomic E-state index is 11.9. The van der Waals surface area contributed by atoms with Gasteiger partial charge in [-0.05, 0) is 29.7 Å². The van der Waals surface area contributed by atoms with Crippen LogP contribution in [0.2, 0.25) is 0 Å². The smallest absolute Gasteiger partial charge is 0.203 e. The fraction of sp³-hybridized carbons (Fsp3) is 0.500. The molecule has 0 radical (unpaired) electrons. The quantitative estimate of drug-likeness (QED) is 0.580. The third-order valence-corrected chi connectivity index (χ3v) is 4.03. The van der Waals surface area contributed by atoms with Gasteiger partial charge in [-0.1, -0.05) is 59.3 Å². The van der Waals surface area contributed by atoms with E-state index in [4.69, 9.17) is 0 Å². The van der Waals surface area contributed by atoms with Crippen molar-refractivity contribution in [2.45, 2.75) is 39.0 Å². The van der Waals surface area contributed by atoms with Crippen LogP contribution in [0.3, 0.4) is 0 Å². The first-order chi connectivity index (χ1) is 9.69. The lowest BCUT2D eigenvalue weighted by Gasteiger charge is -2.10. The molecule has 3 nitrogen and oxygen atoms in total. The summed E-state index contributed by atoms with van der Waals surface area (Å²) in [7, 11) is 0. The molecular formula is C16H21BrN2O. The van der Waals surface area contributed by atoms with E-state index in [0.29, 0.717) is 0 Å². The number of hydrogen-bond donors (Lipinski definition) is 0. The summed E-state index contributed by atoms with van der Waals surface area (Å²) in [6.07, 6.45) is 7.73. The lowest BCUT2D eigenvalue weighted by Crippen LogP contribution is -2.25. The number of nitrogens with zero attached hydrogens (tertiary/aromatic N) is 2. The largest absolute Gasteiger partial charge is 0.857 e. The molecule has 20 heavy (non-hydrogen) atoms. The Bertz CT molecular complexity index is 511. The number of hydrazone groups is 1. The van der Waals surface area contributed by atoms with Crippen LogP contribution in [0, 0.1) is 5.92 Å². The molecule has 0 N–H and O–H groups in total. The van der Waals surface area contributed by atoms with Crippen LogP contribution in [0.4, 0.5) is 0 Å². The van der Waals surface area contributed by atoms with E-state index in [0.717, 1.165) is 29.4 Å². The van der Waals surface area contributed by atoms with Crippen LogP contribution >= 0.6 is 15.9 Å². The summed E-state index contributed by atoms with van der Waals surface area (Å²) in [5.74, 6) is 0.114. The van der Waals surface area contributed by atoms with Gasteiger partial charge < -0.3 is 5.11 Å². The Morgan fingerprint density at radius 1 is 1.40 bits per heavy atom. The van der Waals surface area contributed by atoms with E-state index in [1.54, 1.807) is 4.68 Å². The van der Waals surface area contributed by atoms with Crippen molar-refractivity contribution in [1.29, 1.82) is 0 Å². The lowest BCUT2D eigenvalue weighted by molar-refractivity contribution is -0.523. The van der Waals surface area contributed by atoms with Crippen LogP contribution in [-0.4, -0.2) is 23.3 Å². The Morgan fingerprint density at radius 2 is 2.25 bits per heavy atom. The van der Waals surface area contributed by atoms with E-state index in [9.17, 15) is 5.11 Å². The summed E-state index contributed by atoms with van der Waals surface area (Å²) >= 11 is 3.45. The van der Waals surface area contributed by atoms with Gasteiger partial charge in [0, 0.05) is 15.9 Å². The second-order valence-corrected chi connectivity index (χ2v) is 6.21. The number of rotatable bonds is 6. The Morgan fingerprint density at radius 3 is 3.00 bits per heavy atom. The SMILES string of the molecule is CCCCCC[C@H]1C/[N+](=C/c2cccc(Br)c2)N=C1[O-]. The van der Waals surface area contributed by atoms with E-state index in [2.05, 4.69) is 28.0 Å². The van der Waals surface area contributed by atoms with Crippen molar-refractivity contribution in [3.8, 4) is 0 Å². The minimum Gasteiger partial charge on any atom is -0.857 e. The Kier molecular flexibility index (Phi) is 5.77. The van der Waals surface area contributed by atoms with E-state index >= 15 is 0 Å². The molecular weight excluding hydrogens is 316 g/mol. The molecule has 108 valence electrons. The molecule has 0 spiro atoms. The van der Waals surface area contributed by atoms with Gasteiger partial charge in [0.1, 0.15) is 0 Å². The Balaban J connectivity index is 1.93. The monoisotopic (exact) mass is 336 g/mol. The van der Waals surface area contributed by atoms with Gasteiger partial charge in [0.25, 0.3) is 0 Å². The van der Waals surface area contributed by atoms with Crippen LogP contribution in [0.25, 0.3) is 0 Å². The molecule has 0 aliphatic carbocycles. The van der Waals surface area contributed by atoms with Crippen molar-refractivity contribution in [3.05, 3.63) is 34.3 Å². The third kappa shape index (κ3) is 4.44. The zero-order valence-corrected chi connectivity index (χ0v) is 13.5. The molecule has 2 rings (SSSR count). The minimum absolute atomic E-state index is 0.0349. The summed E-state index contributed by atoms with van der Waals surface area (Å²) in [4.78, 5) is 0. The molecule has 1 aliphatic rings. The molecule has 0 fully saturated rings. The molecule has 0 unspecified atom stereocenters. The van der Waals surface area contributed by atoms with Crippen LogP contribution in [0.1, 0.15) is 44.6 Å². The van der Waals surface area contributed by atoms with Gasteiger partial charge in [-0.2, -0.15) is 0 Å². The predicted molar refractivity (Wildman–Crippen MR) is 84.1 cm³/mol. The maximum Gasteiger partial charge on any atom is 0.203 e. The topological polar surface area (TPSA) is 38.4 Å². The third-order valence-electron chi connectivity index (χ3n) is 3.54. The highest BCUT2D eigenvalue weighted by Crippen LogP contribution is 2.16. The fourth-order valence-corrected chi connectivity index (χ4v) is 2.84. The standard InChI is InChI=1S/C16H21BrN2O/c1-2-3-4-5-8-14-12-19(18-16(14)20)11-13-7-6-9-15(17)10-13/h6-7,9-11,14H,2-5,8,12H2,1H3/b19-11-/t14-/m0/s1. The van der Waals surface area contributed by atoms with Gasteiger partial charge in [-0.3, -0.25) is 0 Å². The molecule has 1 aromatic rings.